The quantitative estimate of drug-likeness (QED) is 0.339. The Hall–Kier alpha value is -3.78. The average molecular weight is 490 g/mol. The number of anilines is 1. The lowest BCUT2D eigenvalue weighted by atomic mass is 9.97. The summed E-state index contributed by atoms with van der Waals surface area (Å²) < 4.78 is 19.9. The second-order valence-corrected chi connectivity index (χ2v) is 9.31. The number of hydrogen-bond donors (Lipinski definition) is 3. The van der Waals surface area contributed by atoms with Crippen molar-refractivity contribution in [1.82, 2.24) is 15.2 Å². The van der Waals surface area contributed by atoms with Gasteiger partial charge in [-0.3, -0.25) is 20.1 Å². The van der Waals surface area contributed by atoms with E-state index in [1.54, 1.807) is 42.6 Å². The largest absolute Gasteiger partial charge is 0.496 e. The molecule has 8 heteroatoms. The molecule has 0 spiro atoms. The third-order valence-corrected chi connectivity index (χ3v) is 6.77. The maximum atomic E-state index is 14.5. The van der Waals surface area contributed by atoms with E-state index in [4.69, 9.17) is 15.9 Å². The zero-order valence-corrected chi connectivity index (χ0v) is 20.8. The van der Waals surface area contributed by atoms with Gasteiger partial charge in [0.05, 0.1) is 12.8 Å². The second-order valence-electron chi connectivity index (χ2n) is 9.31. The normalized spacial score (nSPS) is 18.0. The summed E-state index contributed by atoms with van der Waals surface area (Å²) in [6.45, 7) is 4.97. The standard InChI is InChI=1S/C28H32FN5O2/c1-17-13-19(11-12-32-17)27(31)22-14-20(8-10-25(22)30)28(35)33-21-9-7-18(2)34(15-21)16-23-24(29)5-4-6-26(23)36-3/h4-6,8,10-14,18,21,31H,7,9,15-16,30H2,1-3H3,(H,33,35). The fraction of sp³-hybridized carbons (Fsp3) is 0.321. The van der Waals surface area contributed by atoms with Crippen LogP contribution in [0.25, 0.3) is 0 Å². The smallest absolute Gasteiger partial charge is 0.251 e. The van der Waals surface area contributed by atoms with E-state index in [-0.39, 0.29) is 29.5 Å². The van der Waals surface area contributed by atoms with Crippen LogP contribution in [0.4, 0.5) is 10.1 Å². The van der Waals surface area contributed by atoms with Crippen molar-refractivity contribution in [2.45, 2.75) is 45.3 Å². The summed E-state index contributed by atoms with van der Waals surface area (Å²) in [5.74, 6) is 0.00138. The monoisotopic (exact) mass is 489 g/mol. The van der Waals surface area contributed by atoms with Crippen LogP contribution in [0.15, 0.2) is 54.7 Å². The van der Waals surface area contributed by atoms with E-state index >= 15 is 0 Å². The number of likely N-dealkylation sites (tertiary alicyclic amines) is 1. The molecule has 2 atom stereocenters. The van der Waals surface area contributed by atoms with Gasteiger partial charge in [-0.2, -0.15) is 0 Å². The SMILES string of the molecule is COc1cccc(F)c1CN1CC(NC(=O)c2ccc(N)c(C(=N)c3ccnc(C)c3)c2)CCC1C. The number of pyridine rings is 1. The number of nitrogens with two attached hydrogens (primary N) is 1. The van der Waals surface area contributed by atoms with Crippen molar-refractivity contribution in [1.29, 1.82) is 5.41 Å². The van der Waals surface area contributed by atoms with Crippen molar-refractivity contribution in [2.24, 2.45) is 0 Å². The van der Waals surface area contributed by atoms with Gasteiger partial charge < -0.3 is 15.8 Å². The minimum absolute atomic E-state index is 0.0882. The Morgan fingerprint density at radius 3 is 2.78 bits per heavy atom. The number of aryl methyl sites for hydroxylation is 1. The van der Waals surface area contributed by atoms with E-state index in [2.05, 4.69) is 22.1 Å². The molecular weight excluding hydrogens is 457 g/mol. The van der Waals surface area contributed by atoms with E-state index in [1.165, 1.54) is 13.2 Å². The molecule has 0 bridgehead atoms. The molecule has 2 unspecified atom stereocenters. The highest BCUT2D eigenvalue weighted by atomic mass is 19.1. The number of amides is 1. The first-order valence-electron chi connectivity index (χ1n) is 12.0. The highest BCUT2D eigenvalue weighted by molar-refractivity contribution is 6.14. The Morgan fingerprint density at radius 2 is 2.03 bits per heavy atom. The molecule has 4 N–H and O–H groups in total. The van der Waals surface area contributed by atoms with Crippen molar-refractivity contribution in [3.63, 3.8) is 0 Å². The van der Waals surface area contributed by atoms with Gasteiger partial charge >= 0.3 is 0 Å². The van der Waals surface area contributed by atoms with E-state index in [9.17, 15) is 9.18 Å². The second kappa shape index (κ2) is 10.9. The van der Waals surface area contributed by atoms with Gasteiger partial charge in [0, 0.05) is 65.0 Å². The molecule has 1 fully saturated rings. The molecule has 0 radical (unpaired) electrons. The zero-order chi connectivity index (χ0) is 25.8. The summed E-state index contributed by atoms with van der Waals surface area (Å²) in [7, 11) is 1.54. The molecule has 1 aromatic heterocycles. The lowest BCUT2D eigenvalue weighted by molar-refractivity contribution is 0.0848. The predicted molar refractivity (Wildman–Crippen MR) is 139 cm³/mol. The Balaban J connectivity index is 1.48. The van der Waals surface area contributed by atoms with Gasteiger partial charge in [-0.15, -0.1) is 0 Å². The van der Waals surface area contributed by atoms with Gasteiger partial charge in [-0.25, -0.2) is 4.39 Å². The number of nitrogens with one attached hydrogen (secondary N) is 2. The summed E-state index contributed by atoms with van der Waals surface area (Å²) >= 11 is 0. The average Bonchev–Trinajstić information content (AvgIpc) is 2.87. The predicted octanol–water partition coefficient (Wildman–Crippen LogP) is 4.32. The summed E-state index contributed by atoms with van der Waals surface area (Å²) in [6.07, 6.45) is 3.35. The molecule has 7 nitrogen and oxygen atoms in total. The van der Waals surface area contributed by atoms with Crippen molar-refractivity contribution >= 4 is 17.3 Å². The fourth-order valence-corrected chi connectivity index (χ4v) is 4.64. The van der Waals surface area contributed by atoms with Crippen molar-refractivity contribution in [2.75, 3.05) is 19.4 Å². The molecule has 36 heavy (non-hydrogen) atoms. The van der Waals surface area contributed by atoms with Crippen molar-refractivity contribution in [3.05, 3.63) is 88.5 Å². The Bertz CT molecular complexity index is 1280. The molecule has 188 valence electrons. The molecule has 2 aromatic carbocycles. The summed E-state index contributed by atoms with van der Waals surface area (Å²) in [5, 5.41) is 11.7. The maximum absolute atomic E-state index is 14.5. The summed E-state index contributed by atoms with van der Waals surface area (Å²) in [6, 6.07) is 13.6. The van der Waals surface area contributed by atoms with Crippen LogP contribution < -0.4 is 15.8 Å². The fourth-order valence-electron chi connectivity index (χ4n) is 4.64. The third-order valence-electron chi connectivity index (χ3n) is 6.77. The maximum Gasteiger partial charge on any atom is 0.251 e. The number of nitrogens with zero attached hydrogens (tertiary/aromatic N) is 2. The number of nitrogen functional groups attached to an aromatic ring is 1. The van der Waals surface area contributed by atoms with Crippen molar-refractivity contribution < 1.29 is 13.9 Å². The minimum Gasteiger partial charge on any atom is -0.496 e. The number of hydrogen-bond acceptors (Lipinski definition) is 6. The Morgan fingerprint density at radius 1 is 1.22 bits per heavy atom. The summed E-state index contributed by atoms with van der Waals surface area (Å²) in [5.41, 5.74) is 9.78. The van der Waals surface area contributed by atoms with E-state index in [1.807, 2.05) is 13.0 Å². The first kappa shape index (κ1) is 25.3. The number of methoxy groups -OCH3 is 1. The molecule has 4 rings (SSSR count). The number of rotatable bonds is 7. The number of carbonyl (C=O) groups excluding carboxylic acids is 1. The molecule has 1 aliphatic heterocycles. The lowest BCUT2D eigenvalue weighted by Gasteiger charge is -2.38. The molecule has 2 heterocycles. The first-order chi connectivity index (χ1) is 17.3. The van der Waals surface area contributed by atoms with E-state index in [0.29, 0.717) is 46.8 Å². The van der Waals surface area contributed by atoms with Gasteiger partial charge in [-0.05, 0) is 69.2 Å². The molecule has 0 saturated carbocycles. The van der Waals surface area contributed by atoms with Gasteiger partial charge in [-0.1, -0.05) is 6.07 Å². The molecule has 1 aliphatic rings. The summed E-state index contributed by atoms with van der Waals surface area (Å²) in [4.78, 5) is 19.5. The van der Waals surface area contributed by atoms with Crippen LogP contribution >= 0.6 is 0 Å². The van der Waals surface area contributed by atoms with E-state index < -0.39 is 0 Å². The van der Waals surface area contributed by atoms with Gasteiger partial charge in [0.25, 0.3) is 5.91 Å². The topological polar surface area (TPSA) is 104 Å². The van der Waals surface area contributed by atoms with Crippen LogP contribution in [0.3, 0.4) is 0 Å². The Labute approximate surface area is 211 Å². The van der Waals surface area contributed by atoms with Crippen LogP contribution in [0.2, 0.25) is 0 Å². The first-order valence-corrected chi connectivity index (χ1v) is 12.0. The third kappa shape index (κ3) is 5.54. The molecule has 1 saturated heterocycles. The van der Waals surface area contributed by atoms with E-state index in [0.717, 1.165) is 18.5 Å². The van der Waals surface area contributed by atoms with Crippen LogP contribution in [0.5, 0.6) is 5.75 Å². The number of carbonyl (C=O) groups is 1. The Kier molecular flexibility index (Phi) is 7.64. The molecule has 1 amide bonds. The van der Waals surface area contributed by atoms with Crippen LogP contribution in [0.1, 0.15) is 52.5 Å². The number of piperidine rings is 1. The number of benzene rings is 2. The van der Waals surface area contributed by atoms with Crippen LogP contribution in [-0.4, -0.2) is 47.2 Å². The highest BCUT2D eigenvalue weighted by Crippen LogP contribution is 2.27. The lowest BCUT2D eigenvalue weighted by Crippen LogP contribution is -2.50. The highest BCUT2D eigenvalue weighted by Gasteiger charge is 2.28. The minimum atomic E-state index is -0.297. The number of ether oxygens (including phenoxy) is 1. The van der Waals surface area contributed by atoms with Crippen LogP contribution in [-0.2, 0) is 6.54 Å². The van der Waals surface area contributed by atoms with Crippen LogP contribution in [0, 0.1) is 18.2 Å². The molecule has 0 aliphatic carbocycles. The zero-order valence-electron chi connectivity index (χ0n) is 20.8. The van der Waals surface area contributed by atoms with Gasteiger partial charge in [0.1, 0.15) is 11.6 Å². The number of aromatic nitrogens is 1. The van der Waals surface area contributed by atoms with Gasteiger partial charge in [0.2, 0.25) is 0 Å². The van der Waals surface area contributed by atoms with Crippen molar-refractivity contribution in [3.8, 4) is 5.75 Å². The number of halogens is 1. The van der Waals surface area contributed by atoms with Gasteiger partial charge in [0.15, 0.2) is 0 Å². The molecular formula is C28H32FN5O2. The molecule has 3 aromatic rings.